The number of halogens is 2. The summed E-state index contributed by atoms with van der Waals surface area (Å²) >= 11 is 7.59. The van der Waals surface area contributed by atoms with Crippen molar-refractivity contribution in [2.24, 2.45) is 0 Å². The monoisotopic (exact) mass is 327 g/mol. The van der Waals surface area contributed by atoms with Gasteiger partial charge in [-0.05, 0) is 36.6 Å². The second kappa shape index (κ2) is 7.02. The Kier molecular flexibility index (Phi) is 5.33. The van der Waals surface area contributed by atoms with E-state index >= 15 is 0 Å². The summed E-state index contributed by atoms with van der Waals surface area (Å²) in [6.45, 7) is 2.64. The maximum absolute atomic E-state index is 13.0. The summed E-state index contributed by atoms with van der Waals surface area (Å²) in [6, 6.07) is 7.73. The Morgan fingerprint density at radius 3 is 2.86 bits per heavy atom. The summed E-state index contributed by atoms with van der Waals surface area (Å²) in [5.41, 5.74) is 0.429. The maximum Gasteiger partial charge on any atom is 0.282 e. The molecule has 6 heteroatoms. The zero-order valence-electron chi connectivity index (χ0n) is 11.8. The Hall–Kier alpha value is -1.43. The molecule has 2 atom stereocenters. The molecule has 0 bridgehead atoms. The molecule has 0 spiro atoms. The van der Waals surface area contributed by atoms with Gasteiger partial charge in [0.05, 0.1) is 22.6 Å². The number of carbonyl (C=O) groups is 1. The number of anilines is 1. The summed E-state index contributed by atoms with van der Waals surface area (Å²) in [7, 11) is 1.97. The van der Waals surface area contributed by atoms with Gasteiger partial charge in [0.15, 0.2) is 6.04 Å². The smallest absolute Gasteiger partial charge is 0.282 e. The highest BCUT2D eigenvalue weighted by Gasteiger charge is 2.23. The number of quaternary nitrogens is 1. The third-order valence-corrected chi connectivity index (χ3v) is 4.54. The van der Waals surface area contributed by atoms with Gasteiger partial charge < -0.3 is 10.2 Å². The molecule has 1 heterocycles. The van der Waals surface area contributed by atoms with E-state index in [-0.39, 0.29) is 17.0 Å². The van der Waals surface area contributed by atoms with E-state index in [1.54, 1.807) is 11.3 Å². The van der Waals surface area contributed by atoms with E-state index in [1.165, 1.54) is 23.1 Å². The highest BCUT2D eigenvalue weighted by atomic mass is 35.5. The predicted molar refractivity (Wildman–Crippen MR) is 84.4 cm³/mol. The van der Waals surface area contributed by atoms with Crippen molar-refractivity contribution in [3.05, 3.63) is 51.4 Å². The number of likely N-dealkylation sites (N-methyl/N-ethyl adjacent to an activating group) is 1. The molecule has 0 saturated carbocycles. The Morgan fingerprint density at radius 2 is 2.24 bits per heavy atom. The van der Waals surface area contributed by atoms with E-state index < -0.39 is 5.82 Å². The topological polar surface area (TPSA) is 33.5 Å². The quantitative estimate of drug-likeness (QED) is 0.869. The van der Waals surface area contributed by atoms with Gasteiger partial charge >= 0.3 is 0 Å². The molecule has 0 aliphatic rings. The van der Waals surface area contributed by atoms with Gasteiger partial charge in [0.25, 0.3) is 5.91 Å². The summed E-state index contributed by atoms with van der Waals surface area (Å²) in [6.07, 6.45) is 0. The van der Waals surface area contributed by atoms with Gasteiger partial charge in [-0.15, -0.1) is 11.3 Å². The summed E-state index contributed by atoms with van der Waals surface area (Å²) < 4.78 is 13.0. The molecule has 112 valence electrons. The van der Waals surface area contributed by atoms with Crippen molar-refractivity contribution in [2.45, 2.75) is 19.5 Å². The highest BCUT2D eigenvalue weighted by Crippen LogP contribution is 2.22. The van der Waals surface area contributed by atoms with Gasteiger partial charge in [-0.25, -0.2) is 4.39 Å². The van der Waals surface area contributed by atoms with Crippen LogP contribution in [0.5, 0.6) is 0 Å². The Labute approximate surface area is 132 Å². The molecule has 3 nitrogen and oxygen atoms in total. The van der Waals surface area contributed by atoms with E-state index in [1.807, 2.05) is 25.4 Å². The van der Waals surface area contributed by atoms with Crippen molar-refractivity contribution < 1.29 is 14.1 Å². The molecule has 1 amide bonds. The molecule has 2 rings (SSSR count). The number of benzene rings is 1. The van der Waals surface area contributed by atoms with Gasteiger partial charge in [-0.2, -0.15) is 0 Å². The molecule has 0 aliphatic carbocycles. The average molecular weight is 328 g/mol. The van der Waals surface area contributed by atoms with Gasteiger partial charge in [-0.3, -0.25) is 4.79 Å². The summed E-state index contributed by atoms with van der Waals surface area (Å²) in [4.78, 5) is 14.5. The molecule has 2 aromatic rings. The minimum atomic E-state index is -0.425. The number of amides is 1. The van der Waals surface area contributed by atoms with Crippen LogP contribution in [0.15, 0.2) is 35.7 Å². The number of carbonyl (C=O) groups excluding carboxylic acids is 1. The van der Waals surface area contributed by atoms with E-state index in [0.717, 1.165) is 11.4 Å². The van der Waals surface area contributed by atoms with E-state index in [9.17, 15) is 9.18 Å². The van der Waals surface area contributed by atoms with Crippen molar-refractivity contribution in [1.29, 1.82) is 0 Å². The van der Waals surface area contributed by atoms with Crippen LogP contribution in [0.1, 0.15) is 11.8 Å². The largest absolute Gasteiger partial charge is 0.323 e. The minimum Gasteiger partial charge on any atom is -0.323 e. The van der Waals surface area contributed by atoms with Crippen LogP contribution >= 0.6 is 22.9 Å². The van der Waals surface area contributed by atoms with E-state index in [4.69, 9.17) is 11.6 Å². The molecule has 21 heavy (non-hydrogen) atoms. The third kappa shape index (κ3) is 4.27. The highest BCUT2D eigenvalue weighted by molar-refractivity contribution is 7.09. The zero-order chi connectivity index (χ0) is 15.4. The lowest BCUT2D eigenvalue weighted by Crippen LogP contribution is -3.12. The predicted octanol–water partition coefficient (Wildman–Crippen LogP) is 2.58. The van der Waals surface area contributed by atoms with Crippen LogP contribution in [0.3, 0.4) is 0 Å². The van der Waals surface area contributed by atoms with Crippen molar-refractivity contribution in [2.75, 3.05) is 12.4 Å². The molecular weight excluding hydrogens is 311 g/mol. The number of hydrogen-bond donors (Lipinski definition) is 2. The van der Waals surface area contributed by atoms with Crippen LogP contribution in [0, 0.1) is 5.82 Å². The first kappa shape index (κ1) is 15.9. The standard InChI is InChI=1S/C15H16ClFN2OS/c1-10(19(2)9-12-4-3-7-21-12)15(20)18-14-6-5-11(17)8-13(14)16/h3-8,10H,9H2,1-2H3,(H,18,20)/p+1/t10-/m1/s1. The number of hydrogen-bond acceptors (Lipinski definition) is 2. The fourth-order valence-electron chi connectivity index (χ4n) is 1.90. The van der Waals surface area contributed by atoms with Crippen molar-refractivity contribution in [3.8, 4) is 0 Å². The SMILES string of the molecule is C[C@H](C(=O)Nc1ccc(F)cc1Cl)[NH+](C)Cc1cccs1. The molecule has 1 aromatic carbocycles. The second-order valence-electron chi connectivity index (χ2n) is 4.94. The molecular formula is C15H17ClFN2OS+. The van der Waals surface area contributed by atoms with Gasteiger partial charge in [-0.1, -0.05) is 17.7 Å². The van der Waals surface area contributed by atoms with Gasteiger partial charge in [0.1, 0.15) is 12.4 Å². The van der Waals surface area contributed by atoms with Crippen molar-refractivity contribution in [3.63, 3.8) is 0 Å². The van der Waals surface area contributed by atoms with Crippen LogP contribution < -0.4 is 10.2 Å². The fraction of sp³-hybridized carbons (Fsp3) is 0.267. The molecule has 1 aromatic heterocycles. The molecule has 0 fully saturated rings. The summed E-state index contributed by atoms with van der Waals surface area (Å²) in [5.74, 6) is -0.566. The average Bonchev–Trinajstić information content (AvgIpc) is 2.93. The molecule has 2 N–H and O–H groups in total. The third-order valence-electron chi connectivity index (χ3n) is 3.35. The van der Waals surface area contributed by atoms with E-state index in [0.29, 0.717) is 5.69 Å². The number of rotatable bonds is 5. The number of nitrogens with one attached hydrogen (secondary N) is 2. The maximum atomic E-state index is 13.0. The van der Waals surface area contributed by atoms with Crippen LogP contribution in [0.4, 0.5) is 10.1 Å². The Bertz CT molecular complexity index is 618. The van der Waals surface area contributed by atoms with Crippen LogP contribution in [-0.4, -0.2) is 19.0 Å². The summed E-state index contributed by atoms with van der Waals surface area (Å²) in [5, 5.41) is 4.96. The Morgan fingerprint density at radius 1 is 1.48 bits per heavy atom. The molecule has 0 saturated heterocycles. The van der Waals surface area contributed by atoms with Crippen LogP contribution in [0.2, 0.25) is 5.02 Å². The van der Waals surface area contributed by atoms with Gasteiger partial charge in [0.2, 0.25) is 0 Å². The van der Waals surface area contributed by atoms with Crippen LogP contribution in [-0.2, 0) is 11.3 Å². The normalized spacial score (nSPS) is 13.7. The lowest BCUT2D eigenvalue weighted by molar-refractivity contribution is -0.907. The minimum absolute atomic E-state index is 0.141. The lowest BCUT2D eigenvalue weighted by Gasteiger charge is -2.20. The first-order chi connectivity index (χ1) is 9.97. The van der Waals surface area contributed by atoms with E-state index in [2.05, 4.69) is 11.4 Å². The first-order valence-corrected chi connectivity index (χ1v) is 7.83. The van der Waals surface area contributed by atoms with Gasteiger partial charge in [0, 0.05) is 0 Å². The van der Waals surface area contributed by atoms with Crippen molar-refractivity contribution in [1.82, 2.24) is 0 Å². The van der Waals surface area contributed by atoms with Crippen LogP contribution in [0.25, 0.3) is 0 Å². The molecule has 0 aliphatic heterocycles. The molecule has 1 unspecified atom stereocenters. The number of thiophene rings is 1. The molecule has 0 radical (unpaired) electrons. The second-order valence-corrected chi connectivity index (χ2v) is 6.38. The zero-order valence-corrected chi connectivity index (χ0v) is 13.4. The van der Waals surface area contributed by atoms with Crippen molar-refractivity contribution >= 4 is 34.5 Å². The first-order valence-electron chi connectivity index (χ1n) is 6.58. The fourth-order valence-corrected chi connectivity index (χ4v) is 2.91. The Balaban J connectivity index is 1.98. The lowest BCUT2D eigenvalue weighted by atomic mass is 10.2.